The van der Waals surface area contributed by atoms with Crippen molar-refractivity contribution >= 4 is 52.3 Å². The molecule has 0 aliphatic carbocycles. The van der Waals surface area contributed by atoms with Crippen LogP contribution in [0, 0.1) is 17.6 Å². The molecule has 4 fully saturated rings. The van der Waals surface area contributed by atoms with E-state index in [4.69, 9.17) is 9.47 Å². The fraction of sp³-hybridized carbons (Fsp3) is 0.512. The van der Waals surface area contributed by atoms with E-state index in [-0.39, 0.29) is 63.6 Å². The molecule has 6 amide bonds. The number of morpholine rings is 1. The maximum atomic E-state index is 14.8. The quantitative estimate of drug-likeness (QED) is 0.293. The van der Waals surface area contributed by atoms with Crippen molar-refractivity contribution in [2.24, 2.45) is 13.0 Å². The van der Waals surface area contributed by atoms with Gasteiger partial charge < -0.3 is 44.7 Å². The molecule has 8 atom stereocenters. The summed E-state index contributed by atoms with van der Waals surface area (Å²) in [6.07, 6.45) is 0.802. The maximum Gasteiger partial charge on any atom is 0.329 e. The molecule has 0 unspecified atom stereocenters. The van der Waals surface area contributed by atoms with Crippen LogP contribution in [0.15, 0.2) is 48.7 Å². The van der Waals surface area contributed by atoms with Gasteiger partial charge in [0.25, 0.3) is 0 Å². The summed E-state index contributed by atoms with van der Waals surface area (Å²) in [6, 6.07) is 2.66. The monoisotopic (exact) mass is 847 g/mol. The first-order valence-corrected chi connectivity index (χ1v) is 20.7. The minimum atomic E-state index is -1.63. The molecule has 2 aromatic carbocycles. The van der Waals surface area contributed by atoms with Crippen molar-refractivity contribution in [1.82, 2.24) is 35.2 Å². The van der Waals surface area contributed by atoms with Crippen molar-refractivity contribution < 1.29 is 51.8 Å². The fourth-order valence-corrected chi connectivity index (χ4v) is 8.86. The summed E-state index contributed by atoms with van der Waals surface area (Å²) in [5.41, 5.74) is 1.54. The highest BCUT2D eigenvalue weighted by molar-refractivity contribution is 5.98. The van der Waals surface area contributed by atoms with Crippen LogP contribution in [0.1, 0.15) is 51.2 Å². The fourth-order valence-electron chi connectivity index (χ4n) is 8.86. The number of aryl methyl sites for hydroxylation is 1. The van der Waals surface area contributed by atoms with E-state index < -0.39 is 102 Å². The minimum Gasteiger partial charge on any atom is -0.458 e. The summed E-state index contributed by atoms with van der Waals surface area (Å²) in [5, 5.41) is 8.99. The number of benzene rings is 2. The molecule has 7 rings (SSSR count). The summed E-state index contributed by atoms with van der Waals surface area (Å²) in [5.74, 6) is -6.80. The number of nitrogens with zero attached hydrogens (tertiary/aromatic N) is 4. The number of ether oxygens (including phenoxy) is 2. The Hall–Kier alpha value is -5.91. The second-order valence-corrected chi connectivity index (χ2v) is 16.6. The van der Waals surface area contributed by atoms with Crippen molar-refractivity contribution in [2.45, 2.75) is 95.2 Å². The number of halogens is 2. The van der Waals surface area contributed by atoms with Crippen molar-refractivity contribution in [3.05, 3.63) is 71.4 Å². The zero-order valence-corrected chi connectivity index (χ0v) is 34.5. The van der Waals surface area contributed by atoms with Crippen LogP contribution in [0.2, 0.25) is 0 Å². The smallest absolute Gasteiger partial charge is 0.329 e. The third-order valence-corrected chi connectivity index (χ3v) is 12.0. The summed E-state index contributed by atoms with van der Waals surface area (Å²) in [7, 11) is 1.86. The highest BCUT2D eigenvalue weighted by atomic mass is 19.1. The number of carbonyl (C=O) groups is 7. The average Bonchev–Trinajstić information content (AvgIpc) is 3.96. The topological polar surface area (TPSA) is 189 Å². The summed E-state index contributed by atoms with van der Waals surface area (Å²) in [4.78, 5) is 103. The Balaban J connectivity index is 1.21. The second-order valence-electron chi connectivity index (χ2n) is 16.6. The zero-order valence-electron chi connectivity index (χ0n) is 34.5. The molecule has 326 valence electrons. The average molecular weight is 848 g/mol. The number of amides is 6. The van der Waals surface area contributed by atoms with Gasteiger partial charge >= 0.3 is 5.97 Å². The Labute approximate surface area is 351 Å². The third kappa shape index (κ3) is 9.38. The van der Waals surface area contributed by atoms with Crippen LogP contribution in [-0.2, 0) is 62.9 Å². The molecule has 0 bridgehead atoms. The molecular formula is C43H51F2N7O9. The van der Waals surface area contributed by atoms with Crippen molar-refractivity contribution in [1.29, 1.82) is 0 Å². The van der Waals surface area contributed by atoms with Gasteiger partial charge in [-0.05, 0) is 79.8 Å². The molecule has 0 radical (unpaired) electrons. The summed E-state index contributed by atoms with van der Waals surface area (Å²) in [6.45, 7) is 5.05. The van der Waals surface area contributed by atoms with Gasteiger partial charge in [0.2, 0.25) is 35.4 Å². The van der Waals surface area contributed by atoms with Crippen LogP contribution < -0.4 is 16.0 Å². The molecule has 4 aliphatic heterocycles. The molecule has 3 N–H and O–H groups in total. The number of cyclic esters (lactones) is 1. The number of aromatic nitrogens is 1. The molecule has 18 heteroatoms. The summed E-state index contributed by atoms with van der Waals surface area (Å²) < 4.78 is 42.2. The highest BCUT2D eigenvalue weighted by Gasteiger charge is 2.47. The third-order valence-electron chi connectivity index (χ3n) is 12.0. The first-order chi connectivity index (χ1) is 29.1. The van der Waals surface area contributed by atoms with E-state index in [2.05, 4.69) is 16.0 Å². The van der Waals surface area contributed by atoms with Gasteiger partial charge in [-0.3, -0.25) is 28.8 Å². The number of nitrogens with one attached hydrogen (secondary N) is 3. The highest BCUT2D eigenvalue weighted by Crippen LogP contribution is 2.28. The first kappa shape index (κ1) is 43.2. The van der Waals surface area contributed by atoms with E-state index in [1.165, 1.54) is 28.5 Å². The van der Waals surface area contributed by atoms with Crippen LogP contribution in [0.4, 0.5) is 8.78 Å². The van der Waals surface area contributed by atoms with Gasteiger partial charge in [-0.2, -0.15) is 0 Å². The molecule has 4 saturated heterocycles. The van der Waals surface area contributed by atoms with E-state index in [1.54, 1.807) is 6.07 Å². The van der Waals surface area contributed by atoms with E-state index in [1.807, 2.05) is 42.9 Å². The number of esters is 1. The zero-order chi connectivity index (χ0) is 43.7. The van der Waals surface area contributed by atoms with Crippen molar-refractivity contribution in [3.63, 3.8) is 0 Å². The molecule has 0 spiro atoms. The molecule has 16 nitrogen and oxygen atoms in total. The predicted molar refractivity (Wildman–Crippen MR) is 214 cm³/mol. The second kappa shape index (κ2) is 18.0. The largest absolute Gasteiger partial charge is 0.458 e. The number of fused-ring (bicyclic) bond motifs is 4. The molecule has 5 heterocycles. The van der Waals surface area contributed by atoms with Gasteiger partial charge in [0.1, 0.15) is 54.0 Å². The van der Waals surface area contributed by atoms with Crippen LogP contribution in [0.5, 0.6) is 0 Å². The van der Waals surface area contributed by atoms with Gasteiger partial charge in [0.05, 0.1) is 19.6 Å². The number of hydrogen-bond donors (Lipinski definition) is 3. The molecule has 4 aliphatic rings. The molecule has 3 aromatic rings. The van der Waals surface area contributed by atoms with Gasteiger partial charge in [0.15, 0.2) is 0 Å². The Morgan fingerprint density at radius 1 is 0.869 bits per heavy atom. The molecule has 61 heavy (non-hydrogen) atoms. The lowest BCUT2D eigenvalue weighted by Gasteiger charge is -2.39. The van der Waals surface area contributed by atoms with Crippen molar-refractivity contribution in [3.8, 4) is 0 Å². The van der Waals surface area contributed by atoms with E-state index in [9.17, 15) is 42.3 Å². The van der Waals surface area contributed by atoms with Gasteiger partial charge in [-0.15, -0.1) is 0 Å². The lowest BCUT2D eigenvalue weighted by atomic mass is 10.0. The van der Waals surface area contributed by atoms with E-state index in [0.717, 1.165) is 23.0 Å². The Morgan fingerprint density at radius 3 is 2.36 bits per heavy atom. The summed E-state index contributed by atoms with van der Waals surface area (Å²) >= 11 is 0. The number of rotatable bonds is 7. The first-order valence-electron chi connectivity index (χ1n) is 20.7. The van der Waals surface area contributed by atoms with Gasteiger partial charge in [0, 0.05) is 50.9 Å². The normalized spacial score (nSPS) is 27.0. The standard InChI is InChI=1S/C43H51F2N7O9/c1-23-14-34-43(59)61-25(3)37(42(58)50-10-5-6-32(50)41(57)51-12-13-60-22-35(51)39(55)46-24(2)40(56)52(34)21-23)48-38(54)31(17-27-15-29(44)20-30(45)16-27)47-36(53)19-26-7-8-28-9-11-49(4)33(28)18-26/h7-9,11,15-16,18,20,23-25,31-32,34-35,37H,5-6,10,12-14,17,19,21-22H2,1-4H3,(H,46,55)(H,47,53)(H,48,54)/t23-,24-,25-,31-,32-,34-,35-,37-/m0/s1. The SMILES string of the molecule is C[C@H]1C[C@H]2C(=O)O[C@@H](C)[C@H](NC(=O)[C@H](Cc3cc(F)cc(F)c3)NC(=O)Cc3ccc4ccn(C)c4c3)C(=O)N3CCC[C@H]3C(=O)N3CCOC[C@H]3C(=O)N[C@@H](C)C(=O)N2C1. The Morgan fingerprint density at radius 2 is 1.61 bits per heavy atom. The Bertz CT molecular complexity index is 2210. The van der Waals surface area contributed by atoms with Gasteiger partial charge in [-0.1, -0.05) is 19.1 Å². The predicted octanol–water partition coefficient (Wildman–Crippen LogP) is 1.12. The maximum absolute atomic E-state index is 14.8. The van der Waals surface area contributed by atoms with Crippen LogP contribution >= 0.6 is 0 Å². The molecule has 1 aromatic heterocycles. The lowest BCUT2D eigenvalue weighted by molar-refractivity contribution is -0.164. The number of hydrogen-bond acceptors (Lipinski definition) is 9. The Kier molecular flexibility index (Phi) is 12.7. The van der Waals surface area contributed by atoms with Crippen LogP contribution in [-0.4, -0.2) is 136 Å². The molecular weight excluding hydrogens is 797 g/mol. The number of carbonyl (C=O) groups excluding carboxylic acids is 7. The molecule has 0 saturated carbocycles. The van der Waals surface area contributed by atoms with E-state index >= 15 is 0 Å². The van der Waals surface area contributed by atoms with Gasteiger partial charge in [-0.25, -0.2) is 13.6 Å². The van der Waals surface area contributed by atoms with Crippen LogP contribution in [0.25, 0.3) is 10.9 Å². The minimum absolute atomic E-state index is 0.0376. The van der Waals surface area contributed by atoms with Crippen molar-refractivity contribution in [2.75, 3.05) is 32.8 Å². The van der Waals surface area contributed by atoms with Crippen LogP contribution in [0.3, 0.4) is 0 Å². The lowest BCUT2D eigenvalue weighted by Crippen LogP contribution is -2.64. The van der Waals surface area contributed by atoms with E-state index in [0.29, 0.717) is 18.1 Å².